The summed E-state index contributed by atoms with van der Waals surface area (Å²) >= 11 is 13.2. The van der Waals surface area contributed by atoms with Gasteiger partial charge in [-0.1, -0.05) is 41.0 Å². The number of aromatic nitrogens is 3. The Bertz CT molecular complexity index is 1070. The fourth-order valence-electron chi connectivity index (χ4n) is 2.40. The minimum Gasteiger partial charge on any atom is -0.465 e. The number of hydrogen-bond acceptors (Lipinski definition) is 7. The second-order valence-corrected chi connectivity index (χ2v) is 7.50. The quantitative estimate of drug-likeness (QED) is 0.335. The normalized spacial score (nSPS) is 10.6. The Morgan fingerprint density at radius 2 is 2.00 bits per heavy atom. The lowest BCUT2D eigenvalue weighted by atomic mass is 10.2. The molecule has 0 fully saturated rings. The SMILES string of the molecule is COC(=O)c1cccc(NC(=O)CSc2nnc(-c3ccc(Cl)cc3Cl)n2N)c1. The fourth-order valence-corrected chi connectivity index (χ4v) is 3.55. The summed E-state index contributed by atoms with van der Waals surface area (Å²) in [6.07, 6.45) is 0. The zero-order valence-corrected chi connectivity index (χ0v) is 17.4. The molecule has 0 radical (unpaired) electrons. The van der Waals surface area contributed by atoms with Crippen molar-refractivity contribution in [2.75, 3.05) is 24.0 Å². The molecule has 8 nitrogen and oxygen atoms in total. The lowest BCUT2D eigenvalue weighted by Crippen LogP contribution is -2.16. The van der Waals surface area contributed by atoms with Gasteiger partial charge in [0.05, 0.1) is 23.4 Å². The Morgan fingerprint density at radius 3 is 2.72 bits per heavy atom. The van der Waals surface area contributed by atoms with E-state index in [1.807, 2.05) is 0 Å². The maximum atomic E-state index is 12.2. The topological polar surface area (TPSA) is 112 Å². The smallest absolute Gasteiger partial charge is 0.337 e. The highest BCUT2D eigenvalue weighted by Crippen LogP contribution is 2.30. The monoisotopic (exact) mass is 451 g/mol. The number of amides is 1. The van der Waals surface area contributed by atoms with E-state index in [4.69, 9.17) is 29.0 Å². The molecule has 0 atom stereocenters. The molecular weight excluding hydrogens is 437 g/mol. The molecule has 0 saturated carbocycles. The van der Waals surface area contributed by atoms with E-state index in [-0.39, 0.29) is 11.7 Å². The second kappa shape index (κ2) is 9.17. The number of benzene rings is 2. The molecule has 0 bridgehead atoms. The summed E-state index contributed by atoms with van der Waals surface area (Å²) in [5.74, 6) is 5.64. The molecule has 2 aromatic carbocycles. The Labute approximate surface area is 180 Å². The summed E-state index contributed by atoms with van der Waals surface area (Å²) in [5.41, 5.74) is 1.38. The molecule has 0 aliphatic heterocycles. The second-order valence-electron chi connectivity index (χ2n) is 5.71. The van der Waals surface area contributed by atoms with Gasteiger partial charge in [-0.25, -0.2) is 9.47 Å². The molecule has 3 aromatic rings. The van der Waals surface area contributed by atoms with Crippen molar-refractivity contribution < 1.29 is 14.3 Å². The van der Waals surface area contributed by atoms with Crippen molar-refractivity contribution in [3.05, 3.63) is 58.1 Å². The van der Waals surface area contributed by atoms with Crippen LogP contribution in [0.4, 0.5) is 5.69 Å². The Hall–Kier alpha value is -2.75. The van der Waals surface area contributed by atoms with Crippen molar-refractivity contribution in [2.24, 2.45) is 0 Å². The average molecular weight is 452 g/mol. The molecule has 1 aromatic heterocycles. The predicted octanol–water partition coefficient (Wildman–Crippen LogP) is 3.48. The van der Waals surface area contributed by atoms with E-state index in [9.17, 15) is 9.59 Å². The van der Waals surface area contributed by atoms with Crippen molar-refractivity contribution in [3.63, 3.8) is 0 Å². The zero-order valence-electron chi connectivity index (χ0n) is 15.1. The molecule has 0 aliphatic carbocycles. The van der Waals surface area contributed by atoms with E-state index in [2.05, 4.69) is 20.3 Å². The van der Waals surface area contributed by atoms with Gasteiger partial charge in [-0.05, 0) is 36.4 Å². The standard InChI is InChI=1S/C18H15Cl2N5O3S/c1-28-17(27)10-3-2-4-12(7-10)22-15(26)9-29-18-24-23-16(25(18)21)13-6-5-11(19)8-14(13)20/h2-8H,9,21H2,1H3,(H,22,26). The van der Waals surface area contributed by atoms with Gasteiger partial charge < -0.3 is 15.9 Å². The van der Waals surface area contributed by atoms with Gasteiger partial charge in [0, 0.05) is 16.3 Å². The van der Waals surface area contributed by atoms with Gasteiger partial charge in [-0.2, -0.15) is 0 Å². The highest BCUT2D eigenvalue weighted by molar-refractivity contribution is 7.99. The molecule has 0 unspecified atom stereocenters. The van der Waals surface area contributed by atoms with Crippen LogP contribution in [0.1, 0.15) is 10.4 Å². The maximum absolute atomic E-state index is 12.2. The third kappa shape index (κ3) is 5.00. The van der Waals surface area contributed by atoms with E-state index >= 15 is 0 Å². The lowest BCUT2D eigenvalue weighted by molar-refractivity contribution is -0.113. The number of ether oxygens (including phenoxy) is 1. The molecule has 1 heterocycles. The number of nitrogen functional groups attached to an aromatic ring is 1. The largest absolute Gasteiger partial charge is 0.465 e. The van der Waals surface area contributed by atoms with Crippen LogP contribution >= 0.6 is 35.0 Å². The van der Waals surface area contributed by atoms with Crippen LogP contribution in [-0.4, -0.2) is 39.6 Å². The predicted molar refractivity (Wildman–Crippen MR) is 113 cm³/mol. The van der Waals surface area contributed by atoms with E-state index in [1.165, 1.54) is 17.9 Å². The van der Waals surface area contributed by atoms with Crippen molar-refractivity contribution in [1.82, 2.24) is 14.9 Å². The minimum absolute atomic E-state index is 0.0339. The first-order valence-corrected chi connectivity index (χ1v) is 9.90. The van der Waals surface area contributed by atoms with Gasteiger partial charge in [0.25, 0.3) is 0 Å². The van der Waals surface area contributed by atoms with Crippen molar-refractivity contribution in [2.45, 2.75) is 5.16 Å². The number of anilines is 1. The summed E-state index contributed by atoms with van der Waals surface area (Å²) in [5, 5.41) is 12.0. The van der Waals surface area contributed by atoms with Gasteiger partial charge in [0.15, 0.2) is 5.82 Å². The van der Waals surface area contributed by atoms with E-state index in [1.54, 1.807) is 36.4 Å². The molecule has 11 heteroatoms. The highest BCUT2D eigenvalue weighted by Gasteiger charge is 2.16. The van der Waals surface area contributed by atoms with Crippen LogP contribution in [0, 0.1) is 0 Å². The molecule has 0 spiro atoms. The number of thioether (sulfide) groups is 1. The van der Waals surface area contributed by atoms with Crippen LogP contribution in [0.3, 0.4) is 0 Å². The van der Waals surface area contributed by atoms with Crippen LogP contribution in [0.15, 0.2) is 47.6 Å². The Balaban J connectivity index is 1.65. The molecule has 1 amide bonds. The van der Waals surface area contributed by atoms with E-state index < -0.39 is 5.97 Å². The van der Waals surface area contributed by atoms with Crippen LogP contribution < -0.4 is 11.2 Å². The van der Waals surface area contributed by atoms with E-state index in [0.717, 1.165) is 11.8 Å². The third-order valence-electron chi connectivity index (χ3n) is 3.74. The number of methoxy groups -OCH3 is 1. The Morgan fingerprint density at radius 1 is 1.21 bits per heavy atom. The summed E-state index contributed by atoms with van der Waals surface area (Å²) in [6, 6.07) is 11.4. The number of nitrogens with zero attached hydrogens (tertiary/aromatic N) is 3. The van der Waals surface area contributed by atoms with Crippen LogP contribution in [0.25, 0.3) is 11.4 Å². The number of hydrogen-bond donors (Lipinski definition) is 2. The van der Waals surface area contributed by atoms with Gasteiger partial charge in [0.2, 0.25) is 11.1 Å². The molecular formula is C18H15Cl2N5O3S. The lowest BCUT2D eigenvalue weighted by Gasteiger charge is -2.07. The summed E-state index contributed by atoms with van der Waals surface area (Å²) < 4.78 is 5.92. The van der Waals surface area contributed by atoms with Crippen molar-refractivity contribution >= 4 is 52.5 Å². The first kappa shape index (κ1) is 21.0. The minimum atomic E-state index is -0.486. The zero-order chi connectivity index (χ0) is 21.0. The van der Waals surface area contributed by atoms with Crippen LogP contribution in [-0.2, 0) is 9.53 Å². The fraction of sp³-hybridized carbons (Fsp3) is 0.111. The molecule has 3 rings (SSSR count). The first-order valence-electron chi connectivity index (χ1n) is 8.16. The van der Waals surface area contributed by atoms with E-state index in [0.29, 0.717) is 37.8 Å². The van der Waals surface area contributed by atoms with Crippen LogP contribution in [0.2, 0.25) is 10.0 Å². The number of carbonyl (C=O) groups excluding carboxylic acids is 2. The third-order valence-corrected chi connectivity index (χ3v) is 5.23. The first-order chi connectivity index (χ1) is 13.9. The highest BCUT2D eigenvalue weighted by atomic mass is 35.5. The number of nitrogens with two attached hydrogens (primary N) is 1. The number of esters is 1. The van der Waals surface area contributed by atoms with Crippen molar-refractivity contribution in [3.8, 4) is 11.4 Å². The number of carbonyl (C=O) groups is 2. The van der Waals surface area contributed by atoms with Gasteiger partial charge in [-0.3, -0.25) is 4.79 Å². The molecule has 0 saturated heterocycles. The van der Waals surface area contributed by atoms with Crippen molar-refractivity contribution in [1.29, 1.82) is 0 Å². The number of rotatable bonds is 6. The van der Waals surface area contributed by atoms with Crippen LogP contribution in [0.5, 0.6) is 0 Å². The van der Waals surface area contributed by atoms with Gasteiger partial charge >= 0.3 is 5.97 Å². The maximum Gasteiger partial charge on any atom is 0.337 e. The summed E-state index contributed by atoms with van der Waals surface area (Å²) in [7, 11) is 1.29. The molecule has 0 aliphatic rings. The average Bonchev–Trinajstić information content (AvgIpc) is 3.06. The molecule has 29 heavy (non-hydrogen) atoms. The summed E-state index contributed by atoms with van der Waals surface area (Å²) in [4.78, 5) is 23.8. The number of halogens is 2. The van der Waals surface area contributed by atoms with Gasteiger partial charge in [-0.15, -0.1) is 10.2 Å². The van der Waals surface area contributed by atoms with Gasteiger partial charge in [0.1, 0.15) is 0 Å². The number of nitrogens with one attached hydrogen (secondary N) is 1. The summed E-state index contributed by atoms with van der Waals surface area (Å²) in [6.45, 7) is 0. The molecule has 150 valence electrons. The Kier molecular flexibility index (Phi) is 6.63. The molecule has 3 N–H and O–H groups in total.